The predicted molar refractivity (Wildman–Crippen MR) is 90.3 cm³/mol. The van der Waals surface area contributed by atoms with Gasteiger partial charge >= 0.3 is 0 Å². The highest BCUT2D eigenvalue weighted by Gasteiger charge is 2.31. The average Bonchev–Trinajstić information content (AvgIpc) is 3.01. The molecular formula is C17H18ClN3O2. The fourth-order valence-corrected chi connectivity index (χ4v) is 2.79. The third-order valence-corrected chi connectivity index (χ3v) is 4.38. The van der Waals surface area contributed by atoms with Crippen molar-refractivity contribution in [3.05, 3.63) is 58.6 Å². The van der Waals surface area contributed by atoms with E-state index >= 15 is 0 Å². The van der Waals surface area contributed by atoms with Crippen LogP contribution in [-0.2, 0) is 4.79 Å². The van der Waals surface area contributed by atoms with Gasteiger partial charge in [0.25, 0.3) is 0 Å². The Kier molecular flexibility index (Phi) is 4.52. The Labute approximate surface area is 139 Å². The number of phenols is 1. The maximum absolute atomic E-state index is 12.4. The van der Waals surface area contributed by atoms with Crippen LogP contribution >= 0.6 is 11.6 Å². The van der Waals surface area contributed by atoms with Crippen LogP contribution in [-0.4, -0.2) is 17.1 Å². The number of para-hydroxylation sites is 1. The monoisotopic (exact) mass is 331 g/mol. The lowest BCUT2D eigenvalue weighted by atomic mass is 10.0. The van der Waals surface area contributed by atoms with Gasteiger partial charge in [0.15, 0.2) is 0 Å². The molecule has 4 N–H and O–H groups in total. The summed E-state index contributed by atoms with van der Waals surface area (Å²) in [6.07, 6.45) is 0.545. The van der Waals surface area contributed by atoms with Gasteiger partial charge in [-0.25, -0.2) is 10.9 Å². The maximum atomic E-state index is 12.4. The summed E-state index contributed by atoms with van der Waals surface area (Å²) in [5.74, 6) is 0.0773. The molecule has 120 valence electrons. The molecule has 0 bridgehead atoms. The van der Waals surface area contributed by atoms with E-state index in [0.717, 1.165) is 11.1 Å². The molecule has 1 amide bonds. The molecule has 6 heteroatoms. The maximum Gasteiger partial charge on any atom is 0.242 e. The quantitative estimate of drug-likeness (QED) is 0.698. The van der Waals surface area contributed by atoms with Crippen molar-refractivity contribution in [3.63, 3.8) is 0 Å². The number of carbonyl (C=O) groups excluding carboxylic acids is 1. The number of amides is 1. The first-order valence-corrected chi connectivity index (χ1v) is 7.78. The fraction of sp³-hybridized carbons (Fsp3) is 0.235. The van der Waals surface area contributed by atoms with E-state index in [0.29, 0.717) is 17.1 Å². The van der Waals surface area contributed by atoms with Crippen LogP contribution < -0.4 is 16.2 Å². The number of hydrazine groups is 1. The van der Waals surface area contributed by atoms with Gasteiger partial charge in [0.05, 0.1) is 6.04 Å². The molecule has 0 spiro atoms. The number of hydrogen-bond donors (Lipinski definition) is 4. The third-order valence-electron chi connectivity index (χ3n) is 3.97. The minimum Gasteiger partial charge on any atom is -0.508 e. The topological polar surface area (TPSA) is 73.4 Å². The zero-order valence-electron chi connectivity index (χ0n) is 12.6. The number of nitrogens with one attached hydrogen (secondary N) is 3. The van der Waals surface area contributed by atoms with Crippen LogP contribution in [0.1, 0.15) is 23.6 Å². The third kappa shape index (κ3) is 3.47. The number of phenolic OH excluding ortho intramolecular Hbond substituents is 1. The van der Waals surface area contributed by atoms with Gasteiger partial charge in [-0.3, -0.25) is 4.79 Å². The molecule has 2 atom stereocenters. The van der Waals surface area contributed by atoms with E-state index in [2.05, 4.69) is 16.2 Å². The Bertz CT molecular complexity index is 736. The predicted octanol–water partition coefficient (Wildman–Crippen LogP) is 2.90. The van der Waals surface area contributed by atoms with Crippen LogP contribution in [0.3, 0.4) is 0 Å². The normalized spacial score (nSPS) is 20.4. The highest BCUT2D eigenvalue weighted by Crippen LogP contribution is 2.29. The Hall–Kier alpha value is -2.08. The molecule has 0 saturated carbocycles. The SMILES string of the molecule is Cc1ccc(NC(=O)C2CC(c3ccccc3O)NN2)cc1Cl. The highest BCUT2D eigenvalue weighted by molar-refractivity contribution is 6.31. The second-order valence-electron chi connectivity index (χ2n) is 5.64. The van der Waals surface area contributed by atoms with Crippen molar-refractivity contribution in [2.75, 3.05) is 5.32 Å². The Morgan fingerprint density at radius 1 is 1.26 bits per heavy atom. The fourth-order valence-electron chi connectivity index (χ4n) is 2.61. The molecule has 1 fully saturated rings. The number of hydrogen-bond acceptors (Lipinski definition) is 4. The van der Waals surface area contributed by atoms with Crippen molar-refractivity contribution < 1.29 is 9.90 Å². The van der Waals surface area contributed by atoms with E-state index in [1.807, 2.05) is 31.2 Å². The highest BCUT2D eigenvalue weighted by atomic mass is 35.5. The van der Waals surface area contributed by atoms with E-state index in [4.69, 9.17) is 11.6 Å². The summed E-state index contributed by atoms with van der Waals surface area (Å²) >= 11 is 6.07. The molecule has 1 aliphatic heterocycles. The van der Waals surface area contributed by atoms with Crippen LogP contribution in [0, 0.1) is 6.92 Å². The molecule has 0 aromatic heterocycles. The van der Waals surface area contributed by atoms with Crippen molar-refractivity contribution in [2.45, 2.75) is 25.4 Å². The largest absolute Gasteiger partial charge is 0.508 e. The molecule has 5 nitrogen and oxygen atoms in total. The van der Waals surface area contributed by atoms with Crippen LogP contribution in [0.5, 0.6) is 5.75 Å². The lowest BCUT2D eigenvalue weighted by Gasteiger charge is -2.12. The number of carbonyl (C=O) groups is 1. The minimum absolute atomic E-state index is 0.117. The number of aryl methyl sites for hydroxylation is 1. The molecule has 23 heavy (non-hydrogen) atoms. The molecule has 0 radical (unpaired) electrons. The summed E-state index contributed by atoms with van der Waals surface area (Å²) in [5, 5.41) is 13.4. The van der Waals surface area contributed by atoms with Crippen molar-refractivity contribution in [2.24, 2.45) is 0 Å². The molecule has 3 rings (SSSR count). The van der Waals surface area contributed by atoms with Gasteiger partial charge in [0.1, 0.15) is 11.8 Å². The van der Waals surface area contributed by atoms with Gasteiger partial charge in [0, 0.05) is 16.3 Å². The Balaban J connectivity index is 1.65. The van der Waals surface area contributed by atoms with Crippen LogP contribution in [0.2, 0.25) is 5.02 Å². The Morgan fingerprint density at radius 3 is 2.78 bits per heavy atom. The average molecular weight is 332 g/mol. The van der Waals surface area contributed by atoms with Crippen LogP contribution in [0.4, 0.5) is 5.69 Å². The molecule has 1 heterocycles. The number of halogens is 1. The van der Waals surface area contributed by atoms with Gasteiger partial charge in [-0.1, -0.05) is 35.9 Å². The lowest BCUT2D eigenvalue weighted by Crippen LogP contribution is -2.39. The van der Waals surface area contributed by atoms with Gasteiger partial charge < -0.3 is 10.4 Å². The van der Waals surface area contributed by atoms with Gasteiger partial charge in [-0.2, -0.15) is 0 Å². The van der Waals surface area contributed by atoms with Gasteiger partial charge in [-0.15, -0.1) is 0 Å². The zero-order valence-corrected chi connectivity index (χ0v) is 13.4. The van der Waals surface area contributed by atoms with E-state index < -0.39 is 0 Å². The first kappa shape index (κ1) is 15.8. The van der Waals surface area contributed by atoms with Gasteiger partial charge in [0.2, 0.25) is 5.91 Å². The minimum atomic E-state index is -0.389. The van der Waals surface area contributed by atoms with Crippen LogP contribution in [0.15, 0.2) is 42.5 Å². The second-order valence-corrected chi connectivity index (χ2v) is 6.05. The van der Waals surface area contributed by atoms with E-state index in [9.17, 15) is 9.90 Å². The van der Waals surface area contributed by atoms with Gasteiger partial charge in [-0.05, 0) is 37.1 Å². The lowest BCUT2D eigenvalue weighted by molar-refractivity contribution is -0.117. The molecule has 0 aliphatic carbocycles. The molecule has 2 aromatic rings. The summed E-state index contributed by atoms with van der Waals surface area (Å²) in [4.78, 5) is 12.4. The first-order valence-electron chi connectivity index (χ1n) is 7.40. The zero-order chi connectivity index (χ0) is 16.4. The van der Waals surface area contributed by atoms with Crippen molar-refractivity contribution in [3.8, 4) is 5.75 Å². The number of benzene rings is 2. The van der Waals surface area contributed by atoms with E-state index in [1.165, 1.54) is 0 Å². The van der Waals surface area contributed by atoms with E-state index in [-0.39, 0.29) is 23.7 Å². The molecule has 2 unspecified atom stereocenters. The summed E-state index contributed by atoms with van der Waals surface area (Å²) in [7, 11) is 0. The number of aromatic hydroxyl groups is 1. The molecule has 1 aliphatic rings. The van der Waals surface area contributed by atoms with Crippen molar-refractivity contribution in [1.82, 2.24) is 10.9 Å². The summed E-state index contributed by atoms with van der Waals surface area (Å²) in [5.41, 5.74) is 8.43. The first-order chi connectivity index (χ1) is 11.0. The molecule has 1 saturated heterocycles. The Morgan fingerprint density at radius 2 is 2.04 bits per heavy atom. The smallest absolute Gasteiger partial charge is 0.242 e. The summed E-state index contributed by atoms with van der Waals surface area (Å²) < 4.78 is 0. The van der Waals surface area contributed by atoms with Crippen LogP contribution in [0.25, 0.3) is 0 Å². The number of rotatable bonds is 3. The summed E-state index contributed by atoms with van der Waals surface area (Å²) in [6, 6.07) is 12.0. The number of anilines is 1. The standard InChI is InChI=1S/C17H18ClN3O2/c1-10-6-7-11(8-13(10)18)19-17(23)15-9-14(20-21-15)12-4-2-3-5-16(12)22/h2-8,14-15,20-22H,9H2,1H3,(H,19,23). The van der Waals surface area contributed by atoms with Crippen molar-refractivity contribution >= 4 is 23.2 Å². The summed E-state index contributed by atoms with van der Waals surface area (Å²) in [6.45, 7) is 1.91. The molecule has 2 aromatic carbocycles. The molecular weight excluding hydrogens is 314 g/mol. The second kappa shape index (κ2) is 6.58. The van der Waals surface area contributed by atoms with Crippen molar-refractivity contribution in [1.29, 1.82) is 0 Å². The van der Waals surface area contributed by atoms with E-state index in [1.54, 1.807) is 18.2 Å².